The molecule has 1 aromatic carbocycles. The van der Waals surface area contributed by atoms with Crippen molar-refractivity contribution in [3.63, 3.8) is 0 Å². The highest BCUT2D eigenvalue weighted by Crippen LogP contribution is 2.20. The highest BCUT2D eigenvalue weighted by Gasteiger charge is 2.01. The van der Waals surface area contributed by atoms with Crippen LogP contribution in [0.1, 0.15) is 5.56 Å². The summed E-state index contributed by atoms with van der Waals surface area (Å²) in [5.74, 6) is 0. The lowest BCUT2D eigenvalue weighted by Gasteiger charge is -2.09. The minimum atomic E-state index is -2.40. The minimum Gasteiger partial charge on any atom is -0.755 e. The molecule has 0 aliphatic rings. The van der Waals surface area contributed by atoms with Gasteiger partial charge in [-0.1, -0.05) is 15.9 Å². The molecule has 0 heterocycles. The fourth-order valence-corrected chi connectivity index (χ4v) is 1.51. The Morgan fingerprint density at radius 3 is 2.85 bits per heavy atom. The Hall–Kier alpha value is -0.900. The number of rotatable bonds is 2. The highest BCUT2D eigenvalue weighted by molar-refractivity contribution is 9.10. The van der Waals surface area contributed by atoms with Gasteiger partial charge >= 0.3 is 0 Å². The molecule has 1 N–H and O–H groups in total. The zero-order valence-corrected chi connectivity index (χ0v) is 8.68. The van der Waals surface area contributed by atoms with Crippen molar-refractivity contribution in [2.75, 3.05) is 4.72 Å². The summed E-state index contributed by atoms with van der Waals surface area (Å²) < 4.78 is 23.4. The molecule has 0 saturated carbocycles. The number of nitrogens with one attached hydrogen (secondary N) is 1. The van der Waals surface area contributed by atoms with E-state index in [1.807, 2.05) is 6.07 Å². The summed E-state index contributed by atoms with van der Waals surface area (Å²) in [6.45, 7) is 0. The maximum atomic E-state index is 10.3. The van der Waals surface area contributed by atoms with Gasteiger partial charge in [0.25, 0.3) is 0 Å². The highest BCUT2D eigenvalue weighted by atomic mass is 79.9. The van der Waals surface area contributed by atoms with Gasteiger partial charge in [0, 0.05) is 15.7 Å². The van der Waals surface area contributed by atoms with Crippen molar-refractivity contribution < 1.29 is 8.76 Å². The Bertz CT molecular complexity index is 389. The van der Waals surface area contributed by atoms with E-state index in [-0.39, 0.29) is 11.3 Å². The Morgan fingerprint density at radius 2 is 2.31 bits per heavy atom. The number of hydrogen-bond donors (Lipinski definition) is 1. The lowest BCUT2D eigenvalue weighted by Crippen LogP contribution is -2.03. The molecule has 1 atom stereocenters. The zero-order valence-electron chi connectivity index (χ0n) is 6.28. The molecule has 1 rings (SSSR count). The second-order valence-corrected chi connectivity index (χ2v) is 3.73. The lowest BCUT2D eigenvalue weighted by molar-refractivity contribution is 0.542. The molecule has 13 heavy (non-hydrogen) atoms. The van der Waals surface area contributed by atoms with E-state index in [9.17, 15) is 8.76 Å². The molecule has 0 fully saturated rings. The first-order valence-corrected chi connectivity index (χ1v) is 5.06. The van der Waals surface area contributed by atoms with Crippen molar-refractivity contribution in [1.29, 1.82) is 5.26 Å². The molecule has 0 aromatic heterocycles. The van der Waals surface area contributed by atoms with Crippen LogP contribution in [0, 0.1) is 11.3 Å². The average molecular weight is 260 g/mol. The van der Waals surface area contributed by atoms with Crippen LogP contribution in [0.15, 0.2) is 22.7 Å². The van der Waals surface area contributed by atoms with Crippen molar-refractivity contribution in [3.8, 4) is 6.07 Å². The third-order valence-electron chi connectivity index (χ3n) is 1.30. The largest absolute Gasteiger partial charge is 0.755 e. The van der Waals surface area contributed by atoms with Crippen molar-refractivity contribution in [2.45, 2.75) is 0 Å². The van der Waals surface area contributed by atoms with Gasteiger partial charge in [-0.2, -0.15) is 5.26 Å². The monoisotopic (exact) mass is 259 g/mol. The smallest absolute Gasteiger partial charge is 0.101 e. The summed E-state index contributed by atoms with van der Waals surface area (Å²) in [6.07, 6.45) is 0. The molecule has 0 aliphatic heterocycles. The number of anilines is 1. The number of nitriles is 1. The molecular weight excluding hydrogens is 256 g/mol. The van der Waals surface area contributed by atoms with Crippen LogP contribution in [0.25, 0.3) is 0 Å². The summed E-state index contributed by atoms with van der Waals surface area (Å²) in [5, 5.41) is 8.64. The lowest BCUT2D eigenvalue weighted by atomic mass is 10.2. The van der Waals surface area contributed by atoms with Gasteiger partial charge in [-0.15, -0.1) is 0 Å². The van der Waals surface area contributed by atoms with Crippen molar-refractivity contribution in [2.24, 2.45) is 0 Å². The van der Waals surface area contributed by atoms with Crippen LogP contribution in [-0.2, 0) is 11.3 Å². The van der Waals surface area contributed by atoms with Gasteiger partial charge in [-0.3, -0.25) is 4.21 Å². The van der Waals surface area contributed by atoms with E-state index in [2.05, 4.69) is 20.7 Å². The summed E-state index contributed by atoms with van der Waals surface area (Å²) in [5.41, 5.74) is 0.553. The predicted molar refractivity (Wildman–Crippen MR) is 51.4 cm³/mol. The van der Waals surface area contributed by atoms with Crippen molar-refractivity contribution in [1.82, 2.24) is 0 Å². The molecule has 68 valence electrons. The molecule has 0 radical (unpaired) electrons. The molecule has 4 nitrogen and oxygen atoms in total. The Labute approximate surface area is 86.1 Å². The topological polar surface area (TPSA) is 76.0 Å². The predicted octanol–water partition coefficient (Wildman–Crippen LogP) is 1.53. The van der Waals surface area contributed by atoms with Crippen LogP contribution in [0.5, 0.6) is 0 Å². The second-order valence-electron chi connectivity index (χ2n) is 2.14. The summed E-state index contributed by atoms with van der Waals surface area (Å²) in [4.78, 5) is 0. The number of nitrogens with zero attached hydrogens (tertiary/aromatic N) is 1. The van der Waals surface area contributed by atoms with Crippen LogP contribution < -0.4 is 4.72 Å². The van der Waals surface area contributed by atoms with Crippen molar-refractivity contribution >= 4 is 32.9 Å². The maximum absolute atomic E-state index is 10.3. The summed E-state index contributed by atoms with van der Waals surface area (Å²) in [7, 11) is 0. The zero-order chi connectivity index (χ0) is 9.84. The van der Waals surface area contributed by atoms with E-state index in [0.29, 0.717) is 0 Å². The maximum Gasteiger partial charge on any atom is 0.101 e. The number of benzene rings is 1. The molecule has 0 saturated heterocycles. The van der Waals surface area contributed by atoms with Crippen molar-refractivity contribution in [3.05, 3.63) is 28.2 Å². The van der Waals surface area contributed by atoms with E-state index in [1.54, 1.807) is 6.07 Å². The van der Waals surface area contributed by atoms with Gasteiger partial charge in [0.15, 0.2) is 0 Å². The fourth-order valence-electron chi connectivity index (χ4n) is 0.788. The van der Waals surface area contributed by atoms with Crippen LogP contribution in [0.4, 0.5) is 5.69 Å². The third-order valence-corrected chi connectivity index (χ3v) is 2.18. The molecule has 0 aliphatic carbocycles. The van der Waals surface area contributed by atoms with Crippen LogP contribution in [0.3, 0.4) is 0 Å². The first-order valence-electron chi connectivity index (χ1n) is 3.19. The molecular formula is C7H4BrN2O2S-. The fraction of sp³-hybridized carbons (Fsp3) is 0. The SMILES string of the molecule is N#Cc1cc(Br)ccc1NS(=O)[O-]. The molecule has 0 spiro atoms. The Kier molecular flexibility index (Phi) is 3.42. The first-order chi connectivity index (χ1) is 6.13. The van der Waals surface area contributed by atoms with E-state index >= 15 is 0 Å². The summed E-state index contributed by atoms with van der Waals surface area (Å²) >= 11 is 0.769. The standard InChI is InChI=1S/C7H5BrN2O2S/c8-6-1-2-7(10-13(11)12)5(3-6)4-9/h1-3,10H,(H,11,12)/p-1. The first kappa shape index (κ1) is 10.2. The molecule has 1 aromatic rings. The molecule has 1 unspecified atom stereocenters. The minimum absolute atomic E-state index is 0.276. The van der Waals surface area contributed by atoms with Gasteiger partial charge < -0.3 is 9.27 Å². The van der Waals surface area contributed by atoms with Gasteiger partial charge in [-0.05, 0) is 18.2 Å². The Morgan fingerprint density at radius 1 is 1.62 bits per heavy atom. The number of halogens is 1. The van der Waals surface area contributed by atoms with Crippen LogP contribution >= 0.6 is 15.9 Å². The molecule has 0 bridgehead atoms. The van der Waals surface area contributed by atoms with Gasteiger partial charge in [0.05, 0.1) is 11.3 Å². The van der Waals surface area contributed by atoms with E-state index in [4.69, 9.17) is 5.26 Å². The van der Waals surface area contributed by atoms with Gasteiger partial charge in [0.1, 0.15) is 6.07 Å². The third kappa shape index (κ3) is 2.81. The van der Waals surface area contributed by atoms with E-state index in [1.165, 1.54) is 12.1 Å². The van der Waals surface area contributed by atoms with E-state index in [0.717, 1.165) is 4.47 Å². The molecule has 0 amide bonds. The summed E-state index contributed by atoms with van der Waals surface area (Å²) in [6, 6.07) is 6.57. The van der Waals surface area contributed by atoms with E-state index < -0.39 is 11.3 Å². The average Bonchev–Trinajstić information content (AvgIpc) is 2.07. The normalized spacial score (nSPS) is 11.8. The Balaban J connectivity index is 3.08. The van der Waals surface area contributed by atoms with Gasteiger partial charge in [0.2, 0.25) is 0 Å². The number of hydrogen-bond acceptors (Lipinski definition) is 3. The second kappa shape index (κ2) is 4.37. The van der Waals surface area contributed by atoms with Crippen LogP contribution in [-0.4, -0.2) is 8.76 Å². The quantitative estimate of drug-likeness (QED) is 0.819. The van der Waals surface area contributed by atoms with Crippen LogP contribution in [0.2, 0.25) is 0 Å². The van der Waals surface area contributed by atoms with Gasteiger partial charge in [-0.25, -0.2) is 0 Å². The molecule has 6 heteroatoms.